The fourth-order valence-corrected chi connectivity index (χ4v) is 4.59. The van der Waals surface area contributed by atoms with Crippen LogP contribution in [0.15, 0.2) is 91.0 Å². The van der Waals surface area contributed by atoms with E-state index in [1.54, 1.807) is 6.07 Å². The van der Waals surface area contributed by atoms with Crippen molar-refractivity contribution in [2.45, 2.75) is 0 Å². The molecule has 1 heterocycles. The Bertz CT molecular complexity index is 1330. The maximum absolute atomic E-state index is 12.9. The van der Waals surface area contributed by atoms with Gasteiger partial charge in [-0.05, 0) is 53.9 Å². The molecule has 4 aromatic carbocycles. The second kappa shape index (κ2) is 9.57. The Morgan fingerprint density at radius 2 is 1.38 bits per heavy atom. The standard InChI is InChI=1S/C28H24ClN3O2/c29-26-11-5-8-23-24(26)9-4-10-25(23)27(33)30-21-12-14-22(15-13-21)31-16-18-32(19-17-31)28(34)20-6-2-1-3-7-20/h1-15H,16-19H2,(H,30,33). The number of hydrogen-bond acceptors (Lipinski definition) is 3. The van der Waals surface area contributed by atoms with Crippen molar-refractivity contribution in [3.05, 3.63) is 107 Å². The Labute approximate surface area is 203 Å². The molecule has 0 aliphatic carbocycles. The highest BCUT2D eigenvalue weighted by Crippen LogP contribution is 2.27. The molecule has 6 heteroatoms. The molecule has 1 saturated heterocycles. The van der Waals surface area contributed by atoms with Crippen LogP contribution in [0, 0.1) is 0 Å². The van der Waals surface area contributed by atoms with Crippen LogP contribution >= 0.6 is 11.6 Å². The van der Waals surface area contributed by atoms with Gasteiger partial charge in [0.15, 0.2) is 0 Å². The number of piperazine rings is 1. The summed E-state index contributed by atoms with van der Waals surface area (Å²) in [6.07, 6.45) is 0. The van der Waals surface area contributed by atoms with Crippen molar-refractivity contribution in [2.75, 3.05) is 36.4 Å². The van der Waals surface area contributed by atoms with Crippen LogP contribution in [0.1, 0.15) is 20.7 Å². The van der Waals surface area contributed by atoms with Gasteiger partial charge in [0.2, 0.25) is 0 Å². The van der Waals surface area contributed by atoms with E-state index in [0.29, 0.717) is 23.7 Å². The summed E-state index contributed by atoms with van der Waals surface area (Å²) in [4.78, 5) is 29.8. The normalized spacial score (nSPS) is 13.7. The van der Waals surface area contributed by atoms with Crippen LogP contribution in [0.3, 0.4) is 0 Å². The van der Waals surface area contributed by atoms with Crippen molar-refractivity contribution in [3.63, 3.8) is 0 Å². The molecular formula is C28H24ClN3O2. The molecule has 5 nitrogen and oxygen atoms in total. The van der Waals surface area contributed by atoms with Crippen LogP contribution in [-0.2, 0) is 0 Å². The van der Waals surface area contributed by atoms with Crippen molar-refractivity contribution in [1.82, 2.24) is 4.90 Å². The van der Waals surface area contributed by atoms with Crippen LogP contribution in [0.2, 0.25) is 5.02 Å². The fourth-order valence-electron chi connectivity index (χ4n) is 4.35. The van der Waals surface area contributed by atoms with Gasteiger partial charge in [-0.3, -0.25) is 9.59 Å². The molecule has 1 aliphatic heterocycles. The third-order valence-electron chi connectivity index (χ3n) is 6.19. The molecule has 34 heavy (non-hydrogen) atoms. The van der Waals surface area contributed by atoms with E-state index in [2.05, 4.69) is 10.2 Å². The van der Waals surface area contributed by atoms with Crippen LogP contribution in [0.5, 0.6) is 0 Å². The molecule has 1 N–H and O–H groups in total. The Hall–Kier alpha value is -3.83. The van der Waals surface area contributed by atoms with E-state index in [0.717, 1.165) is 40.8 Å². The second-order valence-corrected chi connectivity index (χ2v) is 8.69. The summed E-state index contributed by atoms with van der Waals surface area (Å²) in [5.41, 5.74) is 3.11. The number of rotatable bonds is 4. The molecule has 5 rings (SSSR count). The Morgan fingerprint density at radius 3 is 2.12 bits per heavy atom. The summed E-state index contributed by atoms with van der Waals surface area (Å²) in [7, 11) is 0. The predicted molar refractivity (Wildman–Crippen MR) is 138 cm³/mol. The number of nitrogens with one attached hydrogen (secondary N) is 1. The summed E-state index contributed by atoms with van der Waals surface area (Å²) >= 11 is 6.28. The lowest BCUT2D eigenvalue weighted by Gasteiger charge is -2.36. The highest BCUT2D eigenvalue weighted by atomic mass is 35.5. The van der Waals surface area contributed by atoms with E-state index in [9.17, 15) is 9.59 Å². The van der Waals surface area contributed by atoms with Gasteiger partial charge >= 0.3 is 0 Å². The van der Waals surface area contributed by atoms with Gasteiger partial charge in [-0.25, -0.2) is 0 Å². The molecular weight excluding hydrogens is 446 g/mol. The monoisotopic (exact) mass is 469 g/mol. The average molecular weight is 470 g/mol. The number of anilines is 2. The lowest BCUT2D eigenvalue weighted by molar-refractivity contribution is 0.0746. The average Bonchev–Trinajstić information content (AvgIpc) is 2.89. The summed E-state index contributed by atoms with van der Waals surface area (Å²) in [6.45, 7) is 2.88. The zero-order chi connectivity index (χ0) is 23.5. The zero-order valence-corrected chi connectivity index (χ0v) is 19.3. The number of halogens is 1. The van der Waals surface area contributed by atoms with Gasteiger partial charge in [-0.15, -0.1) is 0 Å². The molecule has 0 saturated carbocycles. The van der Waals surface area contributed by atoms with Crippen LogP contribution in [0.25, 0.3) is 10.8 Å². The third kappa shape index (κ3) is 4.47. The highest BCUT2D eigenvalue weighted by molar-refractivity contribution is 6.36. The molecule has 0 bridgehead atoms. The van der Waals surface area contributed by atoms with Crippen molar-refractivity contribution in [2.24, 2.45) is 0 Å². The quantitative estimate of drug-likeness (QED) is 0.416. The first-order valence-corrected chi connectivity index (χ1v) is 11.7. The summed E-state index contributed by atoms with van der Waals surface area (Å²) in [5, 5.41) is 5.30. The van der Waals surface area contributed by atoms with Gasteiger partial charge in [0.1, 0.15) is 0 Å². The Balaban J connectivity index is 1.22. The summed E-state index contributed by atoms with van der Waals surface area (Å²) < 4.78 is 0. The minimum Gasteiger partial charge on any atom is -0.368 e. The number of benzene rings is 4. The van der Waals surface area contributed by atoms with Crippen molar-refractivity contribution < 1.29 is 9.59 Å². The number of nitrogens with zero attached hydrogens (tertiary/aromatic N) is 2. The lowest BCUT2D eigenvalue weighted by Crippen LogP contribution is -2.48. The predicted octanol–water partition coefficient (Wildman–Crippen LogP) is 5.71. The molecule has 0 radical (unpaired) electrons. The van der Waals surface area contributed by atoms with Gasteiger partial charge in [-0.2, -0.15) is 0 Å². The first-order valence-electron chi connectivity index (χ1n) is 11.3. The molecule has 0 atom stereocenters. The third-order valence-corrected chi connectivity index (χ3v) is 6.52. The number of amides is 2. The van der Waals surface area contributed by atoms with E-state index in [1.165, 1.54) is 0 Å². The first-order chi connectivity index (χ1) is 16.6. The molecule has 0 aromatic heterocycles. The van der Waals surface area contributed by atoms with Crippen LogP contribution in [0.4, 0.5) is 11.4 Å². The minimum absolute atomic E-state index is 0.0769. The van der Waals surface area contributed by atoms with Gasteiger partial charge in [0.05, 0.1) is 0 Å². The molecule has 170 valence electrons. The minimum atomic E-state index is -0.173. The highest BCUT2D eigenvalue weighted by Gasteiger charge is 2.22. The van der Waals surface area contributed by atoms with Crippen molar-refractivity contribution in [1.29, 1.82) is 0 Å². The van der Waals surface area contributed by atoms with E-state index in [-0.39, 0.29) is 11.8 Å². The number of carbonyl (C=O) groups is 2. The van der Waals surface area contributed by atoms with E-state index >= 15 is 0 Å². The lowest BCUT2D eigenvalue weighted by atomic mass is 10.0. The van der Waals surface area contributed by atoms with E-state index in [1.807, 2.05) is 89.8 Å². The number of fused-ring (bicyclic) bond motifs is 1. The van der Waals surface area contributed by atoms with Gasteiger partial charge in [0.25, 0.3) is 11.8 Å². The van der Waals surface area contributed by atoms with Gasteiger partial charge in [0, 0.05) is 59.1 Å². The molecule has 2 amide bonds. The molecule has 0 unspecified atom stereocenters. The Morgan fingerprint density at radius 1 is 0.706 bits per heavy atom. The van der Waals surface area contributed by atoms with E-state index < -0.39 is 0 Å². The summed E-state index contributed by atoms with van der Waals surface area (Å²) in [6, 6.07) is 28.4. The van der Waals surface area contributed by atoms with Crippen molar-refractivity contribution in [3.8, 4) is 0 Å². The first kappa shape index (κ1) is 22.0. The number of carbonyl (C=O) groups excluding carboxylic acids is 2. The largest absolute Gasteiger partial charge is 0.368 e. The fraction of sp³-hybridized carbons (Fsp3) is 0.143. The maximum Gasteiger partial charge on any atom is 0.256 e. The van der Waals surface area contributed by atoms with E-state index in [4.69, 9.17) is 11.6 Å². The summed E-state index contributed by atoms with van der Waals surface area (Å²) in [5.74, 6) is -0.0957. The van der Waals surface area contributed by atoms with Gasteiger partial charge in [-0.1, -0.05) is 54.1 Å². The topological polar surface area (TPSA) is 52.7 Å². The SMILES string of the molecule is O=C(Nc1ccc(N2CCN(C(=O)c3ccccc3)CC2)cc1)c1cccc2c(Cl)cccc12. The number of hydrogen-bond donors (Lipinski definition) is 1. The maximum atomic E-state index is 12.9. The smallest absolute Gasteiger partial charge is 0.256 e. The van der Waals surface area contributed by atoms with Crippen molar-refractivity contribution >= 4 is 45.6 Å². The van der Waals surface area contributed by atoms with Crippen LogP contribution < -0.4 is 10.2 Å². The second-order valence-electron chi connectivity index (χ2n) is 8.29. The molecule has 4 aromatic rings. The zero-order valence-electron chi connectivity index (χ0n) is 18.6. The molecule has 0 spiro atoms. The molecule has 1 fully saturated rings. The molecule has 1 aliphatic rings. The van der Waals surface area contributed by atoms with Gasteiger partial charge < -0.3 is 15.1 Å². The van der Waals surface area contributed by atoms with Crippen LogP contribution in [-0.4, -0.2) is 42.9 Å². The Kier molecular flexibility index (Phi) is 6.19.